The molecule has 8 heteroatoms. The van der Waals surface area contributed by atoms with Crippen molar-refractivity contribution in [2.75, 3.05) is 0 Å². The molecule has 0 aliphatic rings. The third-order valence-electron chi connectivity index (χ3n) is 3.63. The Hall–Kier alpha value is -3.03. The molecule has 0 spiro atoms. The van der Waals surface area contributed by atoms with Crippen molar-refractivity contribution in [1.82, 2.24) is 35.1 Å². The van der Waals surface area contributed by atoms with Gasteiger partial charge in [0.05, 0.1) is 29.7 Å². The van der Waals surface area contributed by atoms with Crippen LogP contribution < -0.4 is 5.32 Å². The largest absolute Gasteiger partial charge is 0.346 e. The summed E-state index contributed by atoms with van der Waals surface area (Å²) in [7, 11) is 1.82. The molecule has 0 saturated heterocycles. The van der Waals surface area contributed by atoms with Gasteiger partial charge >= 0.3 is 0 Å². The Kier molecular flexibility index (Phi) is 3.88. The van der Waals surface area contributed by atoms with Gasteiger partial charge < -0.3 is 5.32 Å². The molecule has 3 heterocycles. The van der Waals surface area contributed by atoms with Gasteiger partial charge in [0.2, 0.25) is 0 Å². The van der Waals surface area contributed by atoms with Crippen molar-refractivity contribution in [3.05, 3.63) is 53.4 Å². The van der Waals surface area contributed by atoms with Crippen molar-refractivity contribution in [3.8, 4) is 5.69 Å². The van der Waals surface area contributed by atoms with Gasteiger partial charge in [0.25, 0.3) is 5.91 Å². The molecular weight excluding hydrogens is 294 g/mol. The summed E-state index contributed by atoms with van der Waals surface area (Å²) in [5.74, 6) is -0.161. The highest BCUT2D eigenvalue weighted by Crippen LogP contribution is 2.12. The van der Waals surface area contributed by atoms with Gasteiger partial charge in [-0.05, 0) is 26.0 Å². The quantitative estimate of drug-likeness (QED) is 0.774. The topological polar surface area (TPSA) is 90.5 Å². The van der Waals surface area contributed by atoms with Crippen LogP contribution in [0.3, 0.4) is 0 Å². The number of nitrogens with zero attached hydrogens (tertiary/aromatic N) is 6. The first-order chi connectivity index (χ1) is 11.1. The van der Waals surface area contributed by atoms with Crippen LogP contribution in [0.5, 0.6) is 0 Å². The number of amides is 1. The molecule has 0 atom stereocenters. The maximum atomic E-state index is 12.3. The molecule has 0 fully saturated rings. The van der Waals surface area contributed by atoms with Crippen LogP contribution in [0.15, 0.2) is 30.7 Å². The number of hydrogen-bond acceptors (Lipinski definition) is 5. The van der Waals surface area contributed by atoms with Gasteiger partial charge in [-0.1, -0.05) is 5.21 Å². The lowest BCUT2D eigenvalue weighted by atomic mass is 10.2. The molecule has 0 aliphatic carbocycles. The van der Waals surface area contributed by atoms with E-state index in [2.05, 4.69) is 25.7 Å². The van der Waals surface area contributed by atoms with Crippen molar-refractivity contribution >= 4 is 5.91 Å². The van der Waals surface area contributed by atoms with Crippen molar-refractivity contribution in [2.45, 2.75) is 20.4 Å². The number of aryl methyl sites for hydroxylation is 2. The van der Waals surface area contributed by atoms with Gasteiger partial charge in [-0.15, -0.1) is 5.10 Å². The lowest BCUT2D eigenvalue weighted by molar-refractivity contribution is 0.0949. The minimum atomic E-state index is -0.161. The third kappa shape index (κ3) is 2.96. The van der Waals surface area contributed by atoms with Gasteiger partial charge in [-0.3, -0.25) is 14.5 Å². The van der Waals surface area contributed by atoms with Crippen molar-refractivity contribution in [3.63, 3.8) is 0 Å². The second-order valence-electron chi connectivity index (χ2n) is 5.21. The van der Waals surface area contributed by atoms with E-state index in [1.807, 2.05) is 33.0 Å². The molecule has 23 heavy (non-hydrogen) atoms. The number of hydrogen-bond donors (Lipinski definition) is 1. The molecule has 8 nitrogen and oxygen atoms in total. The molecule has 0 aromatic carbocycles. The fourth-order valence-electron chi connectivity index (χ4n) is 2.36. The van der Waals surface area contributed by atoms with E-state index in [4.69, 9.17) is 0 Å². The Morgan fingerprint density at radius 3 is 2.65 bits per heavy atom. The fourth-order valence-corrected chi connectivity index (χ4v) is 2.36. The monoisotopic (exact) mass is 311 g/mol. The fraction of sp³-hybridized carbons (Fsp3) is 0.267. The standard InChI is InChI=1S/C15H17N7O/c1-10-14(11(2)21(3)19-10)15(23)17-8-12-9-22(20-18-12)13-4-6-16-7-5-13/h4-7,9H,8H2,1-3H3,(H,17,23). The maximum Gasteiger partial charge on any atom is 0.255 e. The number of nitrogens with one attached hydrogen (secondary N) is 1. The molecule has 0 unspecified atom stereocenters. The van der Waals surface area contributed by atoms with Gasteiger partial charge in [0.15, 0.2) is 0 Å². The van der Waals surface area contributed by atoms with Crippen LogP contribution in [0.1, 0.15) is 27.4 Å². The van der Waals surface area contributed by atoms with Crippen LogP contribution in [0, 0.1) is 13.8 Å². The summed E-state index contributed by atoms with van der Waals surface area (Å²) in [6.07, 6.45) is 5.15. The first-order valence-corrected chi connectivity index (χ1v) is 7.16. The smallest absolute Gasteiger partial charge is 0.255 e. The predicted octanol–water partition coefficient (Wildman–Crippen LogP) is 0.943. The minimum absolute atomic E-state index is 0.161. The van der Waals surface area contributed by atoms with Crippen molar-refractivity contribution in [2.24, 2.45) is 7.05 Å². The van der Waals surface area contributed by atoms with E-state index < -0.39 is 0 Å². The van der Waals surface area contributed by atoms with Crippen LogP contribution in [0.2, 0.25) is 0 Å². The summed E-state index contributed by atoms with van der Waals surface area (Å²) < 4.78 is 3.34. The number of aromatic nitrogens is 6. The minimum Gasteiger partial charge on any atom is -0.346 e. The molecule has 0 aliphatic heterocycles. The number of carbonyl (C=O) groups is 1. The first-order valence-electron chi connectivity index (χ1n) is 7.16. The van der Waals surface area contributed by atoms with Gasteiger partial charge in [-0.25, -0.2) is 4.68 Å². The Balaban J connectivity index is 1.69. The lowest BCUT2D eigenvalue weighted by Gasteiger charge is -2.03. The molecule has 0 bridgehead atoms. The Morgan fingerprint density at radius 1 is 1.26 bits per heavy atom. The number of carbonyl (C=O) groups excluding carboxylic acids is 1. The summed E-state index contributed by atoms with van der Waals surface area (Å²) in [5.41, 5.74) is 3.69. The molecular formula is C15H17N7O. The summed E-state index contributed by atoms with van der Waals surface area (Å²) in [4.78, 5) is 16.3. The maximum absolute atomic E-state index is 12.3. The SMILES string of the molecule is Cc1nn(C)c(C)c1C(=O)NCc1cn(-c2ccncc2)nn1. The third-order valence-corrected chi connectivity index (χ3v) is 3.63. The molecule has 3 aromatic rings. The summed E-state index contributed by atoms with van der Waals surface area (Å²) >= 11 is 0. The van der Waals surface area contributed by atoms with Gasteiger partial charge in [0.1, 0.15) is 5.69 Å². The second-order valence-corrected chi connectivity index (χ2v) is 5.21. The molecule has 1 amide bonds. The summed E-state index contributed by atoms with van der Waals surface area (Å²) in [5, 5.41) is 15.2. The van der Waals surface area contributed by atoms with E-state index in [1.54, 1.807) is 28.0 Å². The lowest BCUT2D eigenvalue weighted by Crippen LogP contribution is -2.24. The average Bonchev–Trinajstić information content (AvgIpc) is 3.11. The summed E-state index contributed by atoms with van der Waals surface area (Å²) in [6.45, 7) is 3.99. The normalized spacial score (nSPS) is 10.7. The molecule has 118 valence electrons. The highest BCUT2D eigenvalue weighted by Gasteiger charge is 2.17. The number of pyridine rings is 1. The second kappa shape index (κ2) is 5.99. The van der Waals surface area contributed by atoms with E-state index >= 15 is 0 Å². The molecule has 0 saturated carbocycles. The Bertz CT molecular complexity index is 835. The van der Waals surface area contributed by atoms with E-state index in [0.29, 0.717) is 23.5 Å². The zero-order valence-corrected chi connectivity index (χ0v) is 13.2. The first kappa shape index (κ1) is 14.9. The van der Waals surface area contributed by atoms with Crippen LogP contribution in [-0.2, 0) is 13.6 Å². The van der Waals surface area contributed by atoms with Crippen LogP contribution in [0.25, 0.3) is 5.69 Å². The Labute approximate surface area is 133 Å². The zero-order valence-electron chi connectivity index (χ0n) is 13.2. The van der Waals surface area contributed by atoms with Crippen LogP contribution in [0.4, 0.5) is 0 Å². The molecule has 3 rings (SSSR count). The Morgan fingerprint density at radius 2 is 2.00 bits per heavy atom. The van der Waals surface area contributed by atoms with Crippen LogP contribution in [-0.4, -0.2) is 35.7 Å². The van der Waals surface area contributed by atoms with E-state index in [1.165, 1.54) is 0 Å². The van der Waals surface area contributed by atoms with E-state index in [9.17, 15) is 4.79 Å². The molecule has 0 radical (unpaired) electrons. The molecule has 1 N–H and O–H groups in total. The van der Waals surface area contributed by atoms with Crippen molar-refractivity contribution < 1.29 is 4.79 Å². The highest BCUT2D eigenvalue weighted by atomic mass is 16.1. The molecule has 3 aromatic heterocycles. The van der Waals surface area contributed by atoms with E-state index in [0.717, 1.165) is 11.4 Å². The van der Waals surface area contributed by atoms with Crippen molar-refractivity contribution in [1.29, 1.82) is 0 Å². The average molecular weight is 311 g/mol. The van der Waals surface area contributed by atoms with Gasteiger partial charge in [-0.2, -0.15) is 5.10 Å². The van der Waals surface area contributed by atoms with Gasteiger partial charge in [0, 0.05) is 25.1 Å². The highest BCUT2D eigenvalue weighted by molar-refractivity contribution is 5.96. The summed E-state index contributed by atoms with van der Waals surface area (Å²) in [6, 6.07) is 3.67. The van der Waals surface area contributed by atoms with E-state index in [-0.39, 0.29) is 5.91 Å². The number of rotatable bonds is 4. The zero-order chi connectivity index (χ0) is 16.4. The van der Waals surface area contributed by atoms with Crippen LogP contribution >= 0.6 is 0 Å². The predicted molar refractivity (Wildman–Crippen MR) is 83.0 cm³/mol.